The Kier molecular flexibility index (Phi) is 17.6. The number of hydrazone groups is 1. The fourth-order valence-electron chi connectivity index (χ4n) is 4.29. The Hall–Kier alpha value is -4.26. The highest BCUT2D eigenvalue weighted by atomic mass is 16.2. The maximum atomic E-state index is 13.8. The van der Waals surface area contributed by atoms with Crippen molar-refractivity contribution in [2.75, 3.05) is 6.54 Å². The van der Waals surface area contributed by atoms with Crippen LogP contribution in [0.15, 0.2) is 96.2 Å². The summed E-state index contributed by atoms with van der Waals surface area (Å²) in [6.07, 6.45) is 13.5. The van der Waals surface area contributed by atoms with E-state index in [4.69, 9.17) is 0 Å². The highest BCUT2D eigenvalue weighted by Gasteiger charge is 2.38. The lowest BCUT2D eigenvalue weighted by Crippen LogP contribution is -2.53. The molecule has 3 amide bonds. The molecule has 1 aliphatic rings. The standard InChI is InChI=1S/C30H36N4O3.C4H8.C2H6/c1-5-8-12-22(7-3)19-26(31-28(35)25-17-16-23-13-9-10-14-24(23)20-25)30(37)34-18-11-15-27(34)29(36)33-32-21(4)6-2;1-3-4-2;1-2/h5,7-10,12-14,16-17,20,26-27H,1,6,11,15,18-19H2,2-4H3,(H,31,35)(H,33,36);3-4H,1-2H3;1-2H3/b12-8-,22-7+,32-21+;4-3-;. The Labute approximate surface area is 258 Å². The number of hydrogen-bond donors (Lipinski definition) is 2. The molecule has 7 nitrogen and oxygen atoms in total. The van der Waals surface area contributed by atoms with Crippen LogP contribution >= 0.6 is 0 Å². The molecule has 2 aromatic carbocycles. The number of carbonyl (C=O) groups excluding carboxylic acids is 3. The maximum Gasteiger partial charge on any atom is 0.262 e. The number of likely N-dealkylation sites (tertiary alicyclic amines) is 1. The average Bonchev–Trinajstić information content (AvgIpc) is 3.55. The van der Waals surface area contributed by atoms with Gasteiger partial charge < -0.3 is 10.2 Å². The van der Waals surface area contributed by atoms with Gasteiger partial charge in [-0.2, -0.15) is 5.10 Å². The summed E-state index contributed by atoms with van der Waals surface area (Å²) in [5.41, 5.74) is 4.75. The smallest absolute Gasteiger partial charge is 0.262 e. The first kappa shape index (κ1) is 36.8. The number of fused-ring (bicyclic) bond motifs is 1. The van der Waals surface area contributed by atoms with E-state index in [1.165, 1.54) is 0 Å². The Balaban J connectivity index is 0.00000142. The molecule has 1 saturated heterocycles. The van der Waals surface area contributed by atoms with Crippen LogP contribution in [0, 0.1) is 0 Å². The molecule has 0 aliphatic carbocycles. The van der Waals surface area contributed by atoms with Gasteiger partial charge in [-0.15, -0.1) is 0 Å². The number of hydrogen-bond acceptors (Lipinski definition) is 4. The van der Waals surface area contributed by atoms with Gasteiger partial charge in [-0.05, 0) is 75.4 Å². The molecule has 43 heavy (non-hydrogen) atoms. The summed E-state index contributed by atoms with van der Waals surface area (Å²) < 4.78 is 0. The van der Waals surface area contributed by atoms with E-state index >= 15 is 0 Å². The molecule has 2 aromatic rings. The van der Waals surface area contributed by atoms with Gasteiger partial charge >= 0.3 is 0 Å². The summed E-state index contributed by atoms with van der Waals surface area (Å²) in [7, 11) is 0. The van der Waals surface area contributed by atoms with Crippen molar-refractivity contribution in [3.63, 3.8) is 0 Å². The Morgan fingerprint density at radius 2 is 1.74 bits per heavy atom. The molecule has 2 unspecified atom stereocenters. The van der Waals surface area contributed by atoms with Gasteiger partial charge in [0.25, 0.3) is 11.8 Å². The van der Waals surface area contributed by atoms with E-state index < -0.39 is 12.1 Å². The van der Waals surface area contributed by atoms with Gasteiger partial charge in [0.2, 0.25) is 5.91 Å². The molecule has 0 saturated carbocycles. The first-order chi connectivity index (χ1) is 20.8. The van der Waals surface area contributed by atoms with Crippen LogP contribution in [0.4, 0.5) is 0 Å². The summed E-state index contributed by atoms with van der Waals surface area (Å²) in [4.78, 5) is 41.5. The molecule has 3 rings (SSSR count). The second kappa shape index (κ2) is 20.6. The lowest BCUT2D eigenvalue weighted by molar-refractivity contribution is -0.139. The second-order valence-electron chi connectivity index (χ2n) is 9.78. The summed E-state index contributed by atoms with van der Waals surface area (Å²) in [5.74, 6) is -0.930. The van der Waals surface area contributed by atoms with Gasteiger partial charge in [0.15, 0.2) is 0 Å². The van der Waals surface area contributed by atoms with Crippen molar-refractivity contribution < 1.29 is 14.4 Å². The number of rotatable bonds is 10. The maximum absolute atomic E-state index is 13.8. The lowest BCUT2D eigenvalue weighted by Gasteiger charge is -2.28. The number of allylic oxidation sites excluding steroid dienone is 6. The number of benzene rings is 2. The van der Waals surface area contributed by atoms with Crippen molar-refractivity contribution in [3.05, 3.63) is 96.6 Å². The first-order valence-corrected chi connectivity index (χ1v) is 15.2. The van der Waals surface area contributed by atoms with Crippen molar-refractivity contribution in [1.29, 1.82) is 0 Å². The molecule has 0 radical (unpaired) electrons. The number of nitrogens with zero attached hydrogens (tertiary/aromatic N) is 2. The van der Waals surface area contributed by atoms with Crippen LogP contribution < -0.4 is 10.7 Å². The molecule has 0 bridgehead atoms. The predicted molar refractivity (Wildman–Crippen MR) is 181 cm³/mol. The molecule has 1 aliphatic heterocycles. The van der Waals surface area contributed by atoms with E-state index in [-0.39, 0.29) is 24.1 Å². The highest BCUT2D eigenvalue weighted by molar-refractivity contribution is 6.01. The minimum atomic E-state index is -0.839. The molecule has 7 heteroatoms. The van der Waals surface area contributed by atoms with Crippen LogP contribution in [0.1, 0.15) is 84.5 Å². The van der Waals surface area contributed by atoms with E-state index in [0.29, 0.717) is 24.9 Å². The molecule has 1 fully saturated rings. The molecule has 1 heterocycles. The van der Waals surface area contributed by atoms with Crippen molar-refractivity contribution in [2.24, 2.45) is 5.10 Å². The number of amides is 3. The van der Waals surface area contributed by atoms with E-state index in [0.717, 1.165) is 28.5 Å². The van der Waals surface area contributed by atoms with Gasteiger partial charge in [-0.1, -0.05) is 94.1 Å². The average molecular weight is 587 g/mol. The van der Waals surface area contributed by atoms with Gasteiger partial charge in [0, 0.05) is 24.2 Å². The summed E-state index contributed by atoms with van der Waals surface area (Å²) in [6.45, 7) is 17.8. The second-order valence-corrected chi connectivity index (χ2v) is 9.78. The zero-order valence-electron chi connectivity index (χ0n) is 27.0. The zero-order valence-corrected chi connectivity index (χ0v) is 27.0. The highest BCUT2D eigenvalue weighted by Crippen LogP contribution is 2.22. The Morgan fingerprint density at radius 1 is 1.07 bits per heavy atom. The van der Waals surface area contributed by atoms with Crippen LogP contribution in [0.5, 0.6) is 0 Å². The fourth-order valence-corrected chi connectivity index (χ4v) is 4.29. The quantitative estimate of drug-likeness (QED) is 0.131. The number of carbonyl (C=O) groups is 3. The van der Waals surface area contributed by atoms with Gasteiger partial charge in [-0.25, -0.2) is 5.43 Å². The van der Waals surface area contributed by atoms with Crippen LogP contribution in [-0.4, -0.2) is 47.0 Å². The minimum absolute atomic E-state index is 0.283. The van der Waals surface area contributed by atoms with E-state index in [9.17, 15) is 14.4 Å². The summed E-state index contributed by atoms with van der Waals surface area (Å²) in [5, 5.41) is 9.04. The lowest BCUT2D eigenvalue weighted by atomic mass is 10.0. The summed E-state index contributed by atoms with van der Waals surface area (Å²) in [6, 6.07) is 11.8. The van der Waals surface area contributed by atoms with Crippen molar-refractivity contribution in [3.8, 4) is 0 Å². The summed E-state index contributed by atoms with van der Waals surface area (Å²) >= 11 is 0. The van der Waals surface area contributed by atoms with E-state index in [1.807, 2.05) is 109 Å². The largest absolute Gasteiger partial charge is 0.340 e. The monoisotopic (exact) mass is 586 g/mol. The molecule has 2 atom stereocenters. The van der Waals surface area contributed by atoms with Crippen LogP contribution in [0.2, 0.25) is 0 Å². The normalized spacial score (nSPS) is 15.8. The van der Waals surface area contributed by atoms with Crippen LogP contribution in [0.25, 0.3) is 10.8 Å². The van der Waals surface area contributed by atoms with Gasteiger partial charge in [0.05, 0.1) is 0 Å². The van der Waals surface area contributed by atoms with Gasteiger partial charge in [0.1, 0.15) is 12.1 Å². The van der Waals surface area contributed by atoms with E-state index in [2.05, 4.69) is 22.4 Å². The van der Waals surface area contributed by atoms with Crippen LogP contribution in [-0.2, 0) is 9.59 Å². The van der Waals surface area contributed by atoms with Crippen molar-refractivity contribution in [1.82, 2.24) is 15.6 Å². The molecular formula is C36H50N4O3. The third kappa shape index (κ3) is 11.9. The third-order valence-electron chi connectivity index (χ3n) is 6.91. The van der Waals surface area contributed by atoms with Crippen LogP contribution in [0.3, 0.4) is 0 Å². The van der Waals surface area contributed by atoms with Gasteiger partial charge in [-0.3, -0.25) is 14.4 Å². The fraction of sp³-hybridized carbons (Fsp3) is 0.389. The predicted octanol–water partition coefficient (Wildman–Crippen LogP) is 7.52. The molecule has 0 aromatic heterocycles. The Bertz CT molecular complexity index is 1320. The molecular weight excluding hydrogens is 536 g/mol. The SMILES string of the molecule is C/C=C\C.C=C/C=C\C(=C/C)CC(NC(=O)c1ccc2ccccc2c1)C(=O)N1CCCC1C(=O)N/N=C(\C)CC.CC. The topological polar surface area (TPSA) is 90.9 Å². The first-order valence-electron chi connectivity index (χ1n) is 15.2. The molecule has 2 N–H and O–H groups in total. The molecule has 0 spiro atoms. The number of nitrogens with one attached hydrogen (secondary N) is 2. The third-order valence-corrected chi connectivity index (χ3v) is 6.91. The minimum Gasteiger partial charge on any atom is -0.340 e. The molecule has 232 valence electrons. The van der Waals surface area contributed by atoms with Crippen molar-refractivity contribution in [2.45, 2.75) is 86.2 Å². The van der Waals surface area contributed by atoms with Crippen molar-refractivity contribution >= 4 is 34.2 Å². The zero-order chi connectivity index (χ0) is 32.2. The van der Waals surface area contributed by atoms with E-state index in [1.54, 1.807) is 23.1 Å². The Morgan fingerprint density at radius 3 is 2.35 bits per heavy atom.